The molecule has 67 heavy (non-hydrogen) atoms. The number of phenols is 3. The minimum Gasteiger partial charge on any atom is -0.508 e. The van der Waals surface area contributed by atoms with Crippen LogP contribution in [0.5, 0.6) is 17.2 Å². The van der Waals surface area contributed by atoms with Gasteiger partial charge in [-0.25, -0.2) is 0 Å². The second kappa shape index (κ2) is 54.3. The van der Waals surface area contributed by atoms with Crippen molar-refractivity contribution in [2.24, 2.45) is 0 Å². The van der Waals surface area contributed by atoms with Crippen molar-refractivity contribution in [3.8, 4) is 39.5 Å². The first-order valence-electron chi connectivity index (χ1n) is 25.4. The van der Waals surface area contributed by atoms with Crippen molar-refractivity contribution < 1.29 is 15.3 Å². The SMILES string of the molecule is CC.CC.CC.CC.CC.CC.CC.CCc1ccc(-c2ccc(CC)cc2)cc1.CCc1ccc(-c2ccc(CC)cc2)cc1.Oc1ccccc1.Oc1ccccc1.Oc1ccccc1. The molecule has 0 saturated heterocycles. The second-order valence-corrected chi connectivity index (χ2v) is 12.2. The molecule has 0 unspecified atom stereocenters. The molecule has 0 spiro atoms. The number of rotatable bonds is 6. The summed E-state index contributed by atoms with van der Waals surface area (Å²) in [6.45, 7) is 36.7. The lowest BCUT2D eigenvalue weighted by Gasteiger charge is -2.04. The third kappa shape index (κ3) is 36.8. The molecule has 0 aromatic heterocycles. The van der Waals surface area contributed by atoms with Crippen LogP contribution in [0.4, 0.5) is 0 Å². The Bertz CT molecular complexity index is 1650. The Kier molecular flexibility index (Phi) is 56.7. The first-order chi connectivity index (χ1) is 32.8. The van der Waals surface area contributed by atoms with E-state index in [1.54, 1.807) is 72.8 Å². The maximum Gasteiger partial charge on any atom is 0.115 e. The van der Waals surface area contributed by atoms with Crippen molar-refractivity contribution in [1.82, 2.24) is 0 Å². The normalized spacial score (nSPS) is 8.27. The largest absolute Gasteiger partial charge is 0.508 e. The average molecular weight is 913 g/mol. The Balaban J connectivity index is -0.000000232. The lowest BCUT2D eigenvalue weighted by atomic mass is 10.0. The average Bonchev–Trinajstić information content (AvgIpc) is 3.44. The van der Waals surface area contributed by atoms with E-state index in [9.17, 15) is 0 Å². The first-order valence-corrected chi connectivity index (χ1v) is 25.4. The molecule has 7 aromatic carbocycles. The fraction of sp³-hybridized carbons (Fsp3) is 0.344. The molecule has 0 radical (unpaired) electrons. The summed E-state index contributed by atoms with van der Waals surface area (Å²) in [5.74, 6) is 0.965. The zero-order valence-electron chi connectivity index (χ0n) is 45.6. The molecule has 0 aliphatic rings. The van der Waals surface area contributed by atoms with Gasteiger partial charge in [-0.1, -0.05) is 276 Å². The van der Waals surface area contributed by atoms with Crippen LogP contribution in [-0.2, 0) is 25.7 Å². The van der Waals surface area contributed by atoms with E-state index in [-0.39, 0.29) is 0 Å². The molecular formula is C64H96O3. The lowest BCUT2D eigenvalue weighted by Crippen LogP contribution is -1.83. The molecule has 7 aromatic rings. The number of para-hydroxylation sites is 3. The molecular weight excluding hydrogens is 817 g/mol. The van der Waals surface area contributed by atoms with Crippen molar-refractivity contribution in [2.75, 3.05) is 0 Å². The van der Waals surface area contributed by atoms with Crippen molar-refractivity contribution in [1.29, 1.82) is 0 Å². The Morgan fingerprint density at radius 3 is 0.433 bits per heavy atom. The van der Waals surface area contributed by atoms with Gasteiger partial charge in [0.15, 0.2) is 0 Å². The summed E-state index contributed by atoms with van der Waals surface area (Å²) < 4.78 is 0. The van der Waals surface area contributed by atoms with Gasteiger partial charge in [0.05, 0.1) is 0 Å². The van der Waals surface area contributed by atoms with Crippen LogP contribution in [0.2, 0.25) is 0 Å². The van der Waals surface area contributed by atoms with Gasteiger partial charge in [-0.2, -0.15) is 0 Å². The van der Waals surface area contributed by atoms with E-state index in [0.29, 0.717) is 17.2 Å². The van der Waals surface area contributed by atoms with Gasteiger partial charge in [-0.05, 0) is 107 Å². The van der Waals surface area contributed by atoms with Crippen LogP contribution in [0.1, 0.15) is 147 Å². The number of aromatic hydroxyl groups is 3. The van der Waals surface area contributed by atoms with Crippen LogP contribution < -0.4 is 0 Å². The fourth-order valence-corrected chi connectivity index (χ4v) is 5.02. The first kappa shape index (κ1) is 70.0. The molecule has 0 bridgehead atoms. The van der Waals surface area contributed by atoms with Gasteiger partial charge in [0, 0.05) is 0 Å². The predicted molar refractivity (Wildman–Crippen MR) is 305 cm³/mol. The molecule has 0 aliphatic carbocycles. The number of hydrogen-bond donors (Lipinski definition) is 3. The molecule has 3 N–H and O–H groups in total. The summed E-state index contributed by atoms with van der Waals surface area (Å²) in [7, 11) is 0. The molecule has 0 amide bonds. The summed E-state index contributed by atoms with van der Waals surface area (Å²) in [5.41, 5.74) is 10.8. The highest BCUT2D eigenvalue weighted by atomic mass is 16.3. The Morgan fingerprint density at radius 1 is 0.209 bits per heavy atom. The Morgan fingerprint density at radius 2 is 0.343 bits per heavy atom. The molecule has 0 heterocycles. The molecule has 7 rings (SSSR count). The smallest absolute Gasteiger partial charge is 0.115 e. The van der Waals surface area contributed by atoms with Gasteiger partial charge >= 0.3 is 0 Å². The molecule has 0 aliphatic heterocycles. The van der Waals surface area contributed by atoms with Crippen LogP contribution in [0, 0.1) is 0 Å². The van der Waals surface area contributed by atoms with Crippen LogP contribution in [0.3, 0.4) is 0 Å². The summed E-state index contributed by atoms with van der Waals surface area (Å²) in [5, 5.41) is 25.9. The maximum absolute atomic E-state index is 8.63. The third-order valence-electron chi connectivity index (χ3n) is 8.38. The predicted octanol–water partition coefficient (Wildman–Crippen LogP) is 20.3. The van der Waals surface area contributed by atoms with E-state index in [4.69, 9.17) is 15.3 Å². The Hall–Kier alpha value is -6.06. The number of aryl methyl sites for hydroxylation is 4. The standard InChI is InChI=1S/2C16H18.3C6H6O.7C2H6/c2*1-3-13-5-9-15(10-6-13)16-11-7-14(4-2)8-12-16;3*7-6-4-2-1-3-5-6;7*1-2/h2*5-12H,3-4H2,1-2H3;3*1-5,7H;7*1-2H3. The summed E-state index contributed by atoms with van der Waals surface area (Å²) in [6, 6.07) is 61.5. The summed E-state index contributed by atoms with van der Waals surface area (Å²) in [6.07, 6.45) is 4.42. The van der Waals surface area contributed by atoms with Gasteiger partial charge in [-0.15, -0.1) is 0 Å². The van der Waals surface area contributed by atoms with Gasteiger partial charge in [0.1, 0.15) is 17.2 Å². The minimum atomic E-state index is 0.322. The van der Waals surface area contributed by atoms with E-state index in [2.05, 4.69) is 125 Å². The van der Waals surface area contributed by atoms with Gasteiger partial charge < -0.3 is 15.3 Å². The zero-order chi connectivity index (χ0) is 52.1. The van der Waals surface area contributed by atoms with E-state index >= 15 is 0 Å². The quantitative estimate of drug-likeness (QED) is 0.156. The molecule has 3 heteroatoms. The minimum absolute atomic E-state index is 0.322. The second-order valence-electron chi connectivity index (χ2n) is 12.2. The van der Waals surface area contributed by atoms with Gasteiger partial charge in [0.25, 0.3) is 0 Å². The topological polar surface area (TPSA) is 60.7 Å². The highest BCUT2D eigenvalue weighted by Crippen LogP contribution is 2.22. The van der Waals surface area contributed by atoms with Crippen molar-refractivity contribution in [2.45, 2.75) is 150 Å². The molecule has 0 saturated carbocycles. The van der Waals surface area contributed by atoms with Crippen LogP contribution in [0.15, 0.2) is 188 Å². The molecule has 0 fully saturated rings. The molecule has 0 atom stereocenters. The van der Waals surface area contributed by atoms with E-state index < -0.39 is 0 Å². The van der Waals surface area contributed by atoms with Crippen LogP contribution >= 0.6 is 0 Å². The highest BCUT2D eigenvalue weighted by Gasteiger charge is 1.99. The van der Waals surface area contributed by atoms with Crippen LogP contribution in [0.25, 0.3) is 22.3 Å². The van der Waals surface area contributed by atoms with E-state index in [1.165, 1.54) is 44.5 Å². The fourth-order valence-electron chi connectivity index (χ4n) is 5.02. The van der Waals surface area contributed by atoms with Crippen molar-refractivity contribution >= 4 is 0 Å². The zero-order valence-corrected chi connectivity index (χ0v) is 45.6. The Labute approximate surface area is 413 Å². The van der Waals surface area contributed by atoms with Crippen LogP contribution in [-0.4, -0.2) is 15.3 Å². The number of hydrogen-bond acceptors (Lipinski definition) is 3. The molecule has 370 valence electrons. The third-order valence-corrected chi connectivity index (χ3v) is 8.38. The van der Waals surface area contributed by atoms with E-state index in [1.807, 2.05) is 115 Å². The number of benzene rings is 7. The molecule has 3 nitrogen and oxygen atoms in total. The summed E-state index contributed by atoms with van der Waals surface area (Å²) in [4.78, 5) is 0. The van der Waals surface area contributed by atoms with Crippen molar-refractivity contribution in [3.05, 3.63) is 210 Å². The van der Waals surface area contributed by atoms with Gasteiger partial charge in [-0.3, -0.25) is 0 Å². The van der Waals surface area contributed by atoms with Crippen molar-refractivity contribution in [3.63, 3.8) is 0 Å². The van der Waals surface area contributed by atoms with E-state index in [0.717, 1.165) is 25.7 Å². The highest BCUT2D eigenvalue weighted by molar-refractivity contribution is 5.64. The van der Waals surface area contributed by atoms with Gasteiger partial charge in [0.2, 0.25) is 0 Å². The summed E-state index contributed by atoms with van der Waals surface area (Å²) >= 11 is 0. The monoisotopic (exact) mass is 913 g/mol. The maximum atomic E-state index is 8.63. The number of phenolic OH excluding ortho intramolecular Hbond substituents is 3. The lowest BCUT2D eigenvalue weighted by molar-refractivity contribution is 0.475.